The second-order valence-electron chi connectivity index (χ2n) is 4.73. The molecule has 1 aromatic carbocycles. The molecule has 0 aliphatic carbocycles. The number of hydrazone groups is 1. The minimum atomic E-state index is -6.41. The van der Waals surface area contributed by atoms with Crippen LogP contribution in [0.2, 0.25) is 0 Å². The molecule has 0 unspecified atom stereocenters. The third-order valence-electron chi connectivity index (χ3n) is 3.09. The lowest BCUT2D eigenvalue weighted by Crippen LogP contribution is -2.58. The van der Waals surface area contributed by atoms with Crippen LogP contribution in [0.4, 0.5) is 30.7 Å². The molecule has 0 atom stereocenters. The van der Waals surface area contributed by atoms with Gasteiger partial charge < -0.3 is 4.98 Å². The number of aryl methyl sites for hydroxylation is 1. The second-order valence-corrected chi connectivity index (χ2v) is 4.73. The van der Waals surface area contributed by atoms with Gasteiger partial charge in [-0.1, -0.05) is 18.2 Å². The zero-order chi connectivity index (χ0) is 17.5. The number of fused-ring (bicyclic) bond motifs is 1. The average molecular weight is 341 g/mol. The van der Waals surface area contributed by atoms with Crippen molar-refractivity contribution in [3.63, 3.8) is 0 Å². The van der Waals surface area contributed by atoms with Crippen LogP contribution in [0.5, 0.6) is 0 Å². The van der Waals surface area contributed by atoms with Crippen LogP contribution in [0, 0.1) is 6.92 Å². The number of aromatic amines is 1. The summed E-state index contributed by atoms with van der Waals surface area (Å²) in [5.74, 6) is -6.26. The molecule has 23 heavy (non-hydrogen) atoms. The van der Waals surface area contributed by atoms with Gasteiger partial charge in [-0.15, -0.1) is 0 Å². The predicted octanol–water partition coefficient (Wildman–Crippen LogP) is 4.19. The first-order chi connectivity index (χ1) is 10.5. The maximum absolute atomic E-state index is 13.0. The molecule has 2 aromatic rings. The Labute approximate surface area is 125 Å². The predicted molar refractivity (Wildman–Crippen MR) is 69.7 cm³/mol. The third kappa shape index (κ3) is 2.97. The highest BCUT2D eigenvalue weighted by atomic mass is 19.4. The minimum absolute atomic E-state index is 0.291. The maximum atomic E-state index is 13.0. The largest absolute Gasteiger partial charge is 0.462 e. The van der Waals surface area contributed by atoms with E-state index in [4.69, 9.17) is 0 Å². The van der Waals surface area contributed by atoms with Gasteiger partial charge >= 0.3 is 18.1 Å². The lowest BCUT2D eigenvalue weighted by molar-refractivity contribution is -0.361. The van der Waals surface area contributed by atoms with Gasteiger partial charge in [-0.2, -0.15) is 35.8 Å². The summed E-state index contributed by atoms with van der Waals surface area (Å²) in [6.07, 6.45) is -5.65. The molecule has 0 fully saturated rings. The number of halogens is 7. The van der Waals surface area contributed by atoms with Gasteiger partial charge in [0.25, 0.3) is 0 Å². The third-order valence-corrected chi connectivity index (χ3v) is 3.09. The lowest BCUT2D eigenvalue weighted by Gasteiger charge is -2.27. The molecule has 126 valence electrons. The monoisotopic (exact) mass is 341 g/mol. The van der Waals surface area contributed by atoms with Crippen LogP contribution in [-0.2, 0) is 0 Å². The molecule has 0 saturated heterocycles. The number of nitrogens with zero attached hydrogens (tertiary/aromatic N) is 1. The molecular formula is C13H10F7N3. The van der Waals surface area contributed by atoms with Crippen LogP contribution in [-0.4, -0.2) is 29.3 Å². The number of H-pyrrole nitrogens is 1. The van der Waals surface area contributed by atoms with Gasteiger partial charge in [0.15, 0.2) is 0 Å². The van der Waals surface area contributed by atoms with Crippen molar-refractivity contribution in [2.75, 3.05) is 0 Å². The van der Waals surface area contributed by atoms with E-state index < -0.39 is 18.1 Å². The number of nitrogens with one attached hydrogen (secondary N) is 2. The molecule has 10 heteroatoms. The molecule has 0 aliphatic rings. The van der Waals surface area contributed by atoms with Crippen LogP contribution in [0.15, 0.2) is 29.4 Å². The first-order valence-corrected chi connectivity index (χ1v) is 6.17. The van der Waals surface area contributed by atoms with Gasteiger partial charge in [0, 0.05) is 22.2 Å². The van der Waals surface area contributed by atoms with E-state index in [-0.39, 0.29) is 0 Å². The number of para-hydroxylation sites is 1. The molecule has 2 N–H and O–H groups in total. The van der Waals surface area contributed by atoms with Crippen molar-refractivity contribution in [3.8, 4) is 0 Å². The van der Waals surface area contributed by atoms with Crippen LogP contribution in [0.1, 0.15) is 11.3 Å². The molecule has 0 bridgehead atoms. The molecule has 0 spiro atoms. The highest BCUT2D eigenvalue weighted by molar-refractivity contribution is 6.00. The van der Waals surface area contributed by atoms with Crippen molar-refractivity contribution < 1.29 is 30.7 Å². The summed E-state index contributed by atoms with van der Waals surface area (Å²) in [5.41, 5.74) is 2.01. The highest BCUT2D eigenvalue weighted by Gasteiger charge is 2.73. The van der Waals surface area contributed by atoms with Gasteiger partial charge in [-0.05, 0) is 13.0 Å². The summed E-state index contributed by atoms with van der Waals surface area (Å²) in [5, 5.41) is 3.41. The van der Waals surface area contributed by atoms with Crippen LogP contribution >= 0.6 is 0 Å². The van der Waals surface area contributed by atoms with Crippen molar-refractivity contribution in [1.29, 1.82) is 0 Å². The smallest absolute Gasteiger partial charge is 0.358 e. The van der Waals surface area contributed by atoms with Gasteiger partial charge in [-0.25, -0.2) is 5.43 Å². The molecule has 1 heterocycles. The summed E-state index contributed by atoms with van der Waals surface area (Å²) in [7, 11) is 0. The van der Waals surface area contributed by atoms with Crippen LogP contribution in [0.25, 0.3) is 10.9 Å². The van der Waals surface area contributed by atoms with Gasteiger partial charge in [-0.3, -0.25) is 0 Å². The van der Waals surface area contributed by atoms with E-state index in [2.05, 4.69) is 10.1 Å². The number of benzene rings is 1. The van der Waals surface area contributed by atoms with Crippen molar-refractivity contribution in [1.82, 2.24) is 10.4 Å². The standard InChI is InChI=1S/C13H10F7N3/c1-7-9(8-4-2-3-5-10(8)22-7)6-21-23-13(19,20)11(14,15)12(16,17)18/h2-6,22-23H,1H3/b21-6+. The summed E-state index contributed by atoms with van der Waals surface area (Å²) in [4.78, 5) is 2.89. The molecule has 0 amide bonds. The van der Waals surface area contributed by atoms with Crippen molar-refractivity contribution in [3.05, 3.63) is 35.5 Å². The Bertz CT molecular complexity index is 731. The molecule has 0 saturated carbocycles. The normalized spacial score (nSPS) is 13.9. The summed E-state index contributed by atoms with van der Waals surface area (Å²) >= 11 is 0. The van der Waals surface area contributed by atoms with Crippen molar-refractivity contribution in [2.24, 2.45) is 5.10 Å². The van der Waals surface area contributed by atoms with E-state index in [1.54, 1.807) is 31.2 Å². The Balaban J connectivity index is 2.25. The molecule has 2 rings (SSSR count). The number of hydrogen-bond donors (Lipinski definition) is 2. The van der Waals surface area contributed by atoms with E-state index in [1.165, 1.54) is 0 Å². The fourth-order valence-electron chi connectivity index (χ4n) is 1.89. The molecule has 0 aliphatic heterocycles. The lowest BCUT2D eigenvalue weighted by atomic mass is 10.1. The maximum Gasteiger partial charge on any atom is 0.462 e. The molecule has 1 aromatic heterocycles. The van der Waals surface area contributed by atoms with Crippen molar-refractivity contribution in [2.45, 2.75) is 25.1 Å². The Kier molecular flexibility index (Phi) is 4.03. The molecule has 3 nitrogen and oxygen atoms in total. The van der Waals surface area contributed by atoms with E-state index in [1.807, 2.05) is 0 Å². The number of hydrogen-bond acceptors (Lipinski definition) is 2. The Morgan fingerprint density at radius 1 is 1.04 bits per heavy atom. The van der Waals surface area contributed by atoms with Gasteiger partial charge in [0.05, 0.1) is 6.21 Å². The quantitative estimate of drug-likeness (QED) is 0.372. The van der Waals surface area contributed by atoms with E-state index in [9.17, 15) is 30.7 Å². The summed E-state index contributed by atoms with van der Waals surface area (Å²) < 4.78 is 87.4. The van der Waals surface area contributed by atoms with Crippen molar-refractivity contribution >= 4 is 17.1 Å². The highest BCUT2D eigenvalue weighted by Crippen LogP contribution is 2.44. The van der Waals surface area contributed by atoms with Gasteiger partial charge in [0.2, 0.25) is 0 Å². The summed E-state index contributed by atoms with van der Waals surface area (Å²) in [6.45, 7) is 1.57. The van der Waals surface area contributed by atoms with Crippen LogP contribution < -0.4 is 5.43 Å². The Morgan fingerprint density at radius 3 is 2.26 bits per heavy atom. The second kappa shape index (κ2) is 5.43. The van der Waals surface area contributed by atoms with E-state index in [0.717, 1.165) is 6.21 Å². The zero-order valence-corrected chi connectivity index (χ0v) is 11.5. The fraction of sp³-hybridized carbons (Fsp3) is 0.308. The number of aromatic nitrogens is 1. The first kappa shape index (κ1) is 17.1. The van der Waals surface area contributed by atoms with Gasteiger partial charge in [0.1, 0.15) is 0 Å². The topological polar surface area (TPSA) is 40.2 Å². The zero-order valence-electron chi connectivity index (χ0n) is 11.5. The molecular weight excluding hydrogens is 331 g/mol. The number of alkyl halides is 7. The molecule has 0 radical (unpaired) electrons. The fourth-order valence-corrected chi connectivity index (χ4v) is 1.89. The Morgan fingerprint density at radius 2 is 1.65 bits per heavy atom. The SMILES string of the molecule is Cc1[nH]c2ccccc2c1/C=N/NC(F)(F)C(F)(F)C(F)(F)F. The average Bonchev–Trinajstić information content (AvgIpc) is 2.73. The minimum Gasteiger partial charge on any atom is -0.358 e. The number of rotatable bonds is 4. The van der Waals surface area contributed by atoms with Crippen LogP contribution in [0.3, 0.4) is 0 Å². The summed E-state index contributed by atoms with van der Waals surface area (Å²) in [6, 6.07) is 1.06. The van der Waals surface area contributed by atoms with E-state index >= 15 is 0 Å². The first-order valence-electron chi connectivity index (χ1n) is 6.17. The Hall–Kier alpha value is -2.26. The van der Waals surface area contributed by atoms with E-state index in [0.29, 0.717) is 27.6 Å².